The highest BCUT2D eigenvalue weighted by molar-refractivity contribution is 6.30. The Morgan fingerprint density at radius 2 is 1.77 bits per heavy atom. The molecule has 0 radical (unpaired) electrons. The molecular weight excluding hydrogens is 528 g/mol. The molecule has 3 N–H and O–H groups in total. The first-order chi connectivity index (χ1) is 19.3. The van der Waals surface area contributed by atoms with Crippen LogP contribution in [0.3, 0.4) is 0 Å². The third kappa shape index (κ3) is 6.42. The van der Waals surface area contributed by atoms with E-state index in [1.165, 1.54) is 33.4 Å². The molecular formula is C32H39ClN2O5. The van der Waals surface area contributed by atoms with Gasteiger partial charge in [0.1, 0.15) is 5.75 Å². The lowest BCUT2D eigenvalue weighted by molar-refractivity contribution is -0.143. The van der Waals surface area contributed by atoms with Gasteiger partial charge in [0.2, 0.25) is 0 Å². The van der Waals surface area contributed by atoms with Gasteiger partial charge in [0.25, 0.3) is 0 Å². The van der Waals surface area contributed by atoms with Gasteiger partial charge in [0, 0.05) is 42.8 Å². The summed E-state index contributed by atoms with van der Waals surface area (Å²) < 4.78 is 7.28. The van der Waals surface area contributed by atoms with Gasteiger partial charge in [0.05, 0.1) is 13.0 Å². The van der Waals surface area contributed by atoms with Crippen molar-refractivity contribution in [3.8, 4) is 17.5 Å². The van der Waals surface area contributed by atoms with E-state index in [2.05, 4.69) is 35.2 Å². The Labute approximate surface area is 241 Å². The Balaban J connectivity index is 1.31. The van der Waals surface area contributed by atoms with Crippen molar-refractivity contribution in [1.29, 1.82) is 0 Å². The number of nitrogens with zero attached hydrogens (tertiary/aromatic N) is 2. The summed E-state index contributed by atoms with van der Waals surface area (Å²) in [7, 11) is 1.70. The van der Waals surface area contributed by atoms with Crippen molar-refractivity contribution in [2.45, 2.75) is 70.5 Å². The highest BCUT2D eigenvalue weighted by Gasteiger charge is 2.32. The number of carbonyl (C=O) groups is 1. The van der Waals surface area contributed by atoms with Crippen LogP contribution in [0.1, 0.15) is 66.8 Å². The summed E-state index contributed by atoms with van der Waals surface area (Å²) in [5.74, 6) is 0.583. The van der Waals surface area contributed by atoms with Crippen LogP contribution >= 0.6 is 11.6 Å². The van der Waals surface area contributed by atoms with E-state index in [1.54, 1.807) is 7.11 Å². The predicted octanol–water partition coefficient (Wildman–Crippen LogP) is 6.57. The standard InChI is InChI=1S/C32H39ClN2O5/c1-40-29-17-22(6-7-23(29)3-2-16-35-30(36)14-15-31(35)37)20-34(19-21-4-8-24(9-5-21)32(38)39)28-13-10-25-18-26(33)11-12-27(25)28/h6-7,11-12,14-15,17-18,21,24,28,36-37H,2-5,8-10,13,16,19-20H2,1H3,(H,38,39)/t21?,24?,28-/m0/s1. The molecule has 2 aromatic carbocycles. The number of aromatic hydroxyl groups is 2. The summed E-state index contributed by atoms with van der Waals surface area (Å²) in [6.07, 6.45) is 6.97. The number of halogens is 1. The average molecular weight is 567 g/mol. The number of aliphatic carboxylic acids is 1. The number of fused-ring (bicyclic) bond motifs is 1. The first kappa shape index (κ1) is 28.4. The summed E-state index contributed by atoms with van der Waals surface area (Å²) in [4.78, 5) is 14.1. The number of ether oxygens (including phenoxy) is 1. The second-order valence-electron chi connectivity index (χ2n) is 11.3. The van der Waals surface area contributed by atoms with Crippen molar-refractivity contribution in [1.82, 2.24) is 9.47 Å². The third-order valence-corrected chi connectivity index (χ3v) is 9.02. The zero-order chi connectivity index (χ0) is 28.2. The van der Waals surface area contributed by atoms with E-state index in [-0.39, 0.29) is 17.7 Å². The van der Waals surface area contributed by atoms with Gasteiger partial charge < -0.3 is 20.1 Å². The molecule has 1 fully saturated rings. The fourth-order valence-electron chi connectivity index (χ4n) is 6.60. The monoisotopic (exact) mass is 566 g/mol. The Kier molecular flexibility index (Phi) is 8.91. The van der Waals surface area contributed by atoms with Crippen LogP contribution in [0.2, 0.25) is 5.02 Å². The molecule has 1 heterocycles. The molecule has 1 atom stereocenters. The van der Waals surface area contributed by atoms with Gasteiger partial charge >= 0.3 is 5.97 Å². The number of rotatable bonds is 11. The van der Waals surface area contributed by atoms with Crippen molar-refractivity contribution in [2.75, 3.05) is 13.7 Å². The predicted molar refractivity (Wildman–Crippen MR) is 155 cm³/mol. The second-order valence-corrected chi connectivity index (χ2v) is 11.8. The van der Waals surface area contributed by atoms with Crippen LogP contribution in [-0.4, -0.2) is 44.4 Å². The zero-order valence-electron chi connectivity index (χ0n) is 23.1. The van der Waals surface area contributed by atoms with Crippen LogP contribution in [-0.2, 0) is 30.7 Å². The number of hydrogen-bond acceptors (Lipinski definition) is 5. The second kappa shape index (κ2) is 12.6. The normalized spacial score (nSPS) is 20.5. The van der Waals surface area contributed by atoms with Crippen molar-refractivity contribution in [3.05, 3.63) is 75.8 Å². The van der Waals surface area contributed by atoms with Gasteiger partial charge in [-0.1, -0.05) is 29.8 Å². The van der Waals surface area contributed by atoms with Gasteiger partial charge in [-0.2, -0.15) is 0 Å². The minimum atomic E-state index is -0.661. The lowest BCUT2D eigenvalue weighted by atomic mass is 9.81. The number of aryl methyl sites for hydroxylation is 2. The fourth-order valence-corrected chi connectivity index (χ4v) is 6.79. The van der Waals surface area contributed by atoms with Crippen LogP contribution in [0.4, 0.5) is 0 Å². The summed E-state index contributed by atoms with van der Waals surface area (Å²) >= 11 is 6.30. The van der Waals surface area contributed by atoms with E-state index < -0.39 is 5.97 Å². The van der Waals surface area contributed by atoms with Gasteiger partial charge in [-0.05, 0) is 97.7 Å². The van der Waals surface area contributed by atoms with Gasteiger partial charge in [0.15, 0.2) is 11.8 Å². The van der Waals surface area contributed by atoms with Crippen LogP contribution < -0.4 is 4.74 Å². The number of carboxylic acids is 1. The van der Waals surface area contributed by atoms with Crippen molar-refractivity contribution < 1.29 is 24.9 Å². The molecule has 0 saturated heterocycles. The summed E-state index contributed by atoms with van der Waals surface area (Å²) in [6, 6.07) is 16.0. The summed E-state index contributed by atoms with van der Waals surface area (Å²) in [6.45, 7) is 2.24. The number of hydrogen-bond donors (Lipinski definition) is 3. The van der Waals surface area contributed by atoms with Crippen LogP contribution in [0.15, 0.2) is 48.5 Å². The molecule has 0 bridgehead atoms. The fraction of sp³-hybridized carbons (Fsp3) is 0.469. The van der Waals surface area contributed by atoms with Gasteiger partial charge in [-0.15, -0.1) is 0 Å². The van der Waals surface area contributed by atoms with E-state index in [1.807, 2.05) is 6.07 Å². The Bertz CT molecular complexity index is 1310. The molecule has 7 nitrogen and oxygen atoms in total. The molecule has 1 saturated carbocycles. The topological polar surface area (TPSA) is 95.2 Å². The van der Waals surface area contributed by atoms with Gasteiger partial charge in [-0.3, -0.25) is 14.3 Å². The smallest absolute Gasteiger partial charge is 0.306 e. The molecule has 0 spiro atoms. The maximum Gasteiger partial charge on any atom is 0.306 e. The molecule has 2 aliphatic carbocycles. The van der Waals surface area contributed by atoms with E-state index in [0.717, 1.165) is 80.8 Å². The minimum absolute atomic E-state index is 0.0621. The van der Waals surface area contributed by atoms with E-state index in [0.29, 0.717) is 18.5 Å². The van der Waals surface area contributed by atoms with Crippen molar-refractivity contribution >= 4 is 17.6 Å². The van der Waals surface area contributed by atoms with Crippen molar-refractivity contribution in [3.63, 3.8) is 0 Å². The summed E-state index contributed by atoms with van der Waals surface area (Å²) in [5, 5.41) is 30.0. The molecule has 0 amide bonds. The maximum absolute atomic E-state index is 11.5. The molecule has 40 heavy (non-hydrogen) atoms. The molecule has 2 aliphatic rings. The molecule has 1 aromatic heterocycles. The maximum atomic E-state index is 11.5. The number of carboxylic acid groups (broad SMARTS) is 1. The van der Waals surface area contributed by atoms with Gasteiger partial charge in [-0.25, -0.2) is 0 Å². The molecule has 5 rings (SSSR count). The van der Waals surface area contributed by atoms with E-state index >= 15 is 0 Å². The Hall–Kier alpha value is -3.16. The lowest BCUT2D eigenvalue weighted by Crippen LogP contribution is -2.34. The number of benzene rings is 2. The minimum Gasteiger partial charge on any atom is -0.496 e. The highest BCUT2D eigenvalue weighted by Crippen LogP contribution is 2.40. The molecule has 8 heteroatoms. The largest absolute Gasteiger partial charge is 0.496 e. The first-order valence-corrected chi connectivity index (χ1v) is 14.7. The number of methoxy groups -OCH3 is 1. The number of aromatic nitrogens is 1. The molecule has 0 unspecified atom stereocenters. The highest BCUT2D eigenvalue weighted by atomic mass is 35.5. The Morgan fingerprint density at radius 3 is 2.48 bits per heavy atom. The third-order valence-electron chi connectivity index (χ3n) is 8.78. The zero-order valence-corrected chi connectivity index (χ0v) is 23.8. The molecule has 214 valence electrons. The molecule has 3 aromatic rings. The summed E-state index contributed by atoms with van der Waals surface area (Å²) in [5.41, 5.74) is 4.95. The molecule has 0 aliphatic heterocycles. The Morgan fingerprint density at radius 1 is 1.02 bits per heavy atom. The van der Waals surface area contributed by atoms with Crippen LogP contribution in [0.5, 0.6) is 17.5 Å². The quantitative estimate of drug-likeness (QED) is 0.243. The van der Waals surface area contributed by atoms with E-state index in [4.69, 9.17) is 16.3 Å². The average Bonchev–Trinajstić information content (AvgIpc) is 3.51. The van der Waals surface area contributed by atoms with Crippen LogP contribution in [0.25, 0.3) is 0 Å². The van der Waals surface area contributed by atoms with E-state index in [9.17, 15) is 20.1 Å². The first-order valence-electron chi connectivity index (χ1n) is 14.3. The van der Waals surface area contributed by atoms with Crippen molar-refractivity contribution in [2.24, 2.45) is 11.8 Å². The lowest BCUT2D eigenvalue weighted by Gasteiger charge is -2.35. The van der Waals surface area contributed by atoms with Crippen LogP contribution in [0, 0.1) is 11.8 Å². The SMILES string of the molecule is COc1cc(CN(CC2CCC(C(=O)O)CC2)[C@H]2CCc3cc(Cl)ccc32)ccc1CCCn1c(O)ccc1O.